The van der Waals surface area contributed by atoms with Gasteiger partial charge in [0.05, 0.1) is 34.3 Å². The molecule has 3 heterocycles. The molecule has 0 atom stereocenters. The Bertz CT molecular complexity index is 1170. The Labute approximate surface area is 171 Å². The quantitative estimate of drug-likeness (QED) is 0.461. The second kappa shape index (κ2) is 7.49. The highest BCUT2D eigenvalue weighted by Crippen LogP contribution is 2.30. The van der Waals surface area contributed by atoms with Crippen LogP contribution in [-0.4, -0.2) is 20.7 Å². The zero-order valence-corrected chi connectivity index (χ0v) is 16.1. The summed E-state index contributed by atoms with van der Waals surface area (Å²) in [5, 5.41) is 9.47. The van der Waals surface area contributed by atoms with Crippen LogP contribution in [0.5, 0.6) is 0 Å². The number of thiophene rings is 1. The maximum Gasteiger partial charge on any atom is 0.416 e. The molecule has 1 amide bonds. The van der Waals surface area contributed by atoms with Crippen molar-refractivity contribution in [3.05, 3.63) is 75.2 Å². The highest BCUT2D eigenvalue weighted by atomic mass is 35.5. The van der Waals surface area contributed by atoms with Crippen molar-refractivity contribution in [3.63, 3.8) is 0 Å². The average molecular weight is 437 g/mol. The Kier molecular flexibility index (Phi) is 5.01. The maximum atomic E-state index is 12.6. The van der Waals surface area contributed by atoms with Gasteiger partial charge >= 0.3 is 6.18 Å². The molecule has 0 aliphatic rings. The first kappa shape index (κ1) is 19.4. The van der Waals surface area contributed by atoms with Gasteiger partial charge in [0.2, 0.25) is 0 Å². The average Bonchev–Trinajstić information content (AvgIpc) is 3.33. The van der Waals surface area contributed by atoms with Crippen molar-refractivity contribution < 1.29 is 18.0 Å². The number of anilines is 1. The van der Waals surface area contributed by atoms with Crippen molar-refractivity contribution in [3.8, 4) is 0 Å². The molecule has 0 unspecified atom stereocenters. The fourth-order valence-electron chi connectivity index (χ4n) is 2.76. The van der Waals surface area contributed by atoms with Gasteiger partial charge in [0, 0.05) is 16.8 Å². The fourth-order valence-corrected chi connectivity index (χ4v) is 3.72. The van der Waals surface area contributed by atoms with Crippen LogP contribution >= 0.6 is 22.9 Å². The molecule has 1 N–H and O–H groups in total. The molecule has 3 aromatic heterocycles. The molecule has 10 heteroatoms. The van der Waals surface area contributed by atoms with Crippen LogP contribution in [0.2, 0.25) is 5.02 Å². The minimum Gasteiger partial charge on any atom is -0.322 e. The Balaban J connectivity index is 1.57. The van der Waals surface area contributed by atoms with E-state index in [0.29, 0.717) is 17.6 Å². The summed E-state index contributed by atoms with van der Waals surface area (Å²) in [4.78, 5) is 17.9. The van der Waals surface area contributed by atoms with E-state index in [4.69, 9.17) is 11.6 Å². The van der Waals surface area contributed by atoms with Crippen LogP contribution in [0.4, 0.5) is 18.9 Å². The molecule has 0 radical (unpaired) electrons. The second-order valence-corrected chi connectivity index (χ2v) is 7.54. The number of nitrogens with zero attached hydrogens (tertiary/aromatic N) is 3. The lowest BCUT2D eigenvalue weighted by Crippen LogP contribution is -2.13. The van der Waals surface area contributed by atoms with E-state index < -0.39 is 17.6 Å². The van der Waals surface area contributed by atoms with E-state index >= 15 is 0 Å². The summed E-state index contributed by atoms with van der Waals surface area (Å²) in [5.74, 6) is -0.574. The standard InChI is InChI=1S/C19H12ClF3N4OS/c20-16-14-9-25-27(10-13-2-1-7-29-13)17(14)24-8-15(16)18(28)26-12-5-3-11(4-6-12)19(21,22)23/h1-9H,10H2,(H,26,28). The minimum atomic E-state index is -4.44. The van der Waals surface area contributed by atoms with Crippen LogP contribution < -0.4 is 5.32 Å². The van der Waals surface area contributed by atoms with Gasteiger partial charge in [0.15, 0.2) is 5.65 Å². The molecular formula is C19H12ClF3N4OS. The zero-order chi connectivity index (χ0) is 20.6. The molecule has 0 saturated heterocycles. The molecule has 0 aliphatic heterocycles. The first-order valence-electron chi connectivity index (χ1n) is 8.34. The third kappa shape index (κ3) is 3.96. The third-order valence-electron chi connectivity index (χ3n) is 4.20. The fraction of sp³-hybridized carbons (Fsp3) is 0.105. The number of amides is 1. The monoisotopic (exact) mass is 436 g/mol. The summed E-state index contributed by atoms with van der Waals surface area (Å²) in [5.41, 5.74) is 0.0616. The Morgan fingerprint density at radius 3 is 2.59 bits per heavy atom. The zero-order valence-electron chi connectivity index (χ0n) is 14.6. The molecule has 1 aromatic carbocycles. The van der Waals surface area contributed by atoms with Gasteiger partial charge in [-0.05, 0) is 35.7 Å². The largest absolute Gasteiger partial charge is 0.416 e. The predicted octanol–water partition coefficient (Wildman–Crippen LogP) is 5.47. The summed E-state index contributed by atoms with van der Waals surface area (Å²) in [6.45, 7) is 0.529. The van der Waals surface area contributed by atoms with E-state index in [9.17, 15) is 18.0 Å². The van der Waals surface area contributed by atoms with E-state index in [1.807, 2.05) is 17.5 Å². The molecule has 0 aliphatic carbocycles. The lowest BCUT2D eigenvalue weighted by molar-refractivity contribution is -0.137. The number of rotatable bonds is 4. The SMILES string of the molecule is O=C(Nc1ccc(C(F)(F)F)cc1)c1cnc2c(cnn2Cc2cccs2)c1Cl. The van der Waals surface area contributed by atoms with E-state index in [2.05, 4.69) is 15.4 Å². The second-order valence-electron chi connectivity index (χ2n) is 6.13. The van der Waals surface area contributed by atoms with Gasteiger partial charge in [-0.1, -0.05) is 17.7 Å². The number of alkyl halides is 3. The number of fused-ring (bicyclic) bond motifs is 1. The smallest absolute Gasteiger partial charge is 0.322 e. The predicted molar refractivity (Wildman–Crippen MR) is 105 cm³/mol. The Morgan fingerprint density at radius 2 is 1.93 bits per heavy atom. The Morgan fingerprint density at radius 1 is 1.17 bits per heavy atom. The van der Waals surface area contributed by atoms with Crippen molar-refractivity contribution in [2.75, 3.05) is 5.32 Å². The molecular weight excluding hydrogens is 425 g/mol. The number of benzene rings is 1. The lowest BCUT2D eigenvalue weighted by Gasteiger charge is -2.10. The minimum absolute atomic E-state index is 0.106. The first-order valence-corrected chi connectivity index (χ1v) is 9.59. The third-order valence-corrected chi connectivity index (χ3v) is 5.47. The highest BCUT2D eigenvalue weighted by molar-refractivity contribution is 7.09. The molecule has 5 nitrogen and oxygen atoms in total. The first-order chi connectivity index (χ1) is 13.8. The summed E-state index contributed by atoms with van der Waals surface area (Å²) < 4.78 is 39.6. The van der Waals surface area contributed by atoms with Crippen molar-refractivity contribution in [2.24, 2.45) is 0 Å². The van der Waals surface area contributed by atoms with Gasteiger partial charge in [-0.25, -0.2) is 9.67 Å². The van der Waals surface area contributed by atoms with Gasteiger partial charge in [-0.3, -0.25) is 4.79 Å². The van der Waals surface area contributed by atoms with Gasteiger partial charge in [-0.2, -0.15) is 18.3 Å². The van der Waals surface area contributed by atoms with Crippen LogP contribution in [0.1, 0.15) is 20.8 Å². The molecule has 148 valence electrons. The van der Waals surface area contributed by atoms with E-state index in [0.717, 1.165) is 17.0 Å². The normalized spacial score (nSPS) is 11.7. The van der Waals surface area contributed by atoms with Crippen LogP contribution in [0.25, 0.3) is 11.0 Å². The van der Waals surface area contributed by atoms with Crippen LogP contribution in [0.3, 0.4) is 0 Å². The summed E-state index contributed by atoms with van der Waals surface area (Å²) >= 11 is 7.97. The molecule has 0 spiro atoms. The van der Waals surface area contributed by atoms with E-state index in [-0.39, 0.29) is 16.3 Å². The number of nitrogens with one attached hydrogen (secondary N) is 1. The molecule has 0 bridgehead atoms. The topological polar surface area (TPSA) is 59.8 Å². The Hall–Kier alpha value is -2.91. The summed E-state index contributed by atoms with van der Waals surface area (Å²) in [6.07, 6.45) is -1.58. The molecule has 4 aromatic rings. The lowest BCUT2D eigenvalue weighted by atomic mass is 10.2. The van der Waals surface area contributed by atoms with Gasteiger partial charge in [0.1, 0.15) is 0 Å². The van der Waals surface area contributed by atoms with Gasteiger partial charge in [0.25, 0.3) is 5.91 Å². The summed E-state index contributed by atoms with van der Waals surface area (Å²) in [6, 6.07) is 8.07. The van der Waals surface area contributed by atoms with Crippen LogP contribution in [0.15, 0.2) is 54.2 Å². The number of carbonyl (C=O) groups excluding carboxylic acids is 1. The van der Waals surface area contributed by atoms with Crippen molar-refractivity contribution >= 4 is 45.6 Å². The number of halogens is 4. The number of hydrogen-bond donors (Lipinski definition) is 1. The van der Waals surface area contributed by atoms with Crippen molar-refractivity contribution in [1.82, 2.24) is 14.8 Å². The number of aromatic nitrogens is 3. The number of carbonyl (C=O) groups is 1. The molecule has 29 heavy (non-hydrogen) atoms. The van der Waals surface area contributed by atoms with Crippen molar-refractivity contribution in [1.29, 1.82) is 0 Å². The number of pyridine rings is 1. The molecule has 0 fully saturated rings. The van der Waals surface area contributed by atoms with Gasteiger partial charge < -0.3 is 5.32 Å². The van der Waals surface area contributed by atoms with Crippen LogP contribution in [0, 0.1) is 0 Å². The maximum absolute atomic E-state index is 12.6. The molecule has 4 rings (SSSR count). The molecule has 0 saturated carbocycles. The number of hydrogen-bond acceptors (Lipinski definition) is 4. The van der Waals surface area contributed by atoms with E-state index in [1.165, 1.54) is 24.5 Å². The highest BCUT2D eigenvalue weighted by Gasteiger charge is 2.30. The summed E-state index contributed by atoms with van der Waals surface area (Å²) in [7, 11) is 0. The van der Waals surface area contributed by atoms with E-state index in [1.54, 1.807) is 16.0 Å². The van der Waals surface area contributed by atoms with Gasteiger partial charge in [-0.15, -0.1) is 11.3 Å². The van der Waals surface area contributed by atoms with Crippen LogP contribution in [-0.2, 0) is 12.7 Å². The van der Waals surface area contributed by atoms with Crippen molar-refractivity contribution in [2.45, 2.75) is 12.7 Å².